The lowest BCUT2D eigenvalue weighted by atomic mass is 10.1. The standard InChI is InChI=1S/C22H28N4O2/c1-17-6-3-7-18(14-17)22(28)24-20-9-4-8-19(15-20)23-21(27)16-26-11-5-10-25(2)12-13-26/h3-4,6-9,14-15H,5,10-13,16H2,1-2H3,(H,23,27)(H,24,28). The maximum atomic E-state index is 12.4. The molecule has 3 rings (SSSR count). The summed E-state index contributed by atoms with van der Waals surface area (Å²) < 4.78 is 0. The minimum absolute atomic E-state index is 0.0355. The van der Waals surface area contributed by atoms with Crippen LogP contribution in [0.15, 0.2) is 48.5 Å². The van der Waals surface area contributed by atoms with Crippen molar-refractivity contribution < 1.29 is 9.59 Å². The van der Waals surface area contributed by atoms with Crippen LogP contribution in [0, 0.1) is 6.92 Å². The van der Waals surface area contributed by atoms with E-state index in [9.17, 15) is 9.59 Å². The van der Waals surface area contributed by atoms with Crippen LogP contribution in [0.4, 0.5) is 11.4 Å². The first-order chi connectivity index (χ1) is 13.5. The van der Waals surface area contributed by atoms with Gasteiger partial charge in [-0.05, 0) is 63.8 Å². The summed E-state index contributed by atoms with van der Waals surface area (Å²) >= 11 is 0. The summed E-state index contributed by atoms with van der Waals surface area (Å²) in [5.41, 5.74) is 2.98. The van der Waals surface area contributed by atoms with Gasteiger partial charge in [0.15, 0.2) is 0 Å². The highest BCUT2D eigenvalue weighted by molar-refractivity contribution is 6.04. The van der Waals surface area contributed by atoms with Crippen LogP contribution in [0.5, 0.6) is 0 Å². The van der Waals surface area contributed by atoms with E-state index in [2.05, 4.69) is 27.5 Å². The van der Waals surface area contributed by atoms with Gasteiger partial charge in [-0.1, -0.05) is 23.8 Å². The molecule has 1 saturated heterocycles. The first-order valence-electron chi connectivity index (χ1n) is 9.68. The molecule has 0 spiro atoms. The van der Waals surface area contributed by atoms with Crippen molar-refractivity contribution in [1.29, 1.82) is 0 Å². The van der Waals surface area contributed by atoms with Gasteiger partial charge in [-0.3, -0.25) is 14.5 Å². The zero-order valence-electron chi connectivity index (χ0n) is 16.6. The Labute approximate surface area is 166 Å². The minimum atomic E-state index is -0.166. The Morgan fingerprint density at radius 1 is 0.929 bits per heavy atom. The average molecular weight is 380 g/mol. The number of carbonyl (C=O) groups is 2. The fourth-order valence-corrected chi connectivity index (χ4v) is 3.33. The lowest BCUT2D eigenvalue weighted by Crippen LogP contribution is -2.35. The van der Waals surface area contributed by atoms with Crippen LogP contribution in [0.25, 0.3) is 0 Å². The van der Waals surface area contributed by atoms with Crippen LogP contribution in [0.2, 0.25) is 0 Å². The van der Waals surface area contributed by atoms with Crippen molar-refractivity contribution in [2.75, 3.05) is 50.4 Å². The second kappa shape index (κ2) is 9.48. The second-order valence-electron chi connectivity index (χ2n) is 7.39. The molecule has 0 aliphatic carbocycles. The molecule has 2 aromatic carbocycles. The highest BCUT2D eigenvalue weighted by Gasteiger charge is 2.15. The van der Waals surface area contributed by atoms with Gasteiger partial charge < -0.3 is 15.5 Å². The van der Waals surface area contributed by atoms with Crippen molar-refractivity contribution in [2.24, 2.45) is 0 Å². The van der Waals surface area contributed by atoms with E-state index >= 15 is 0 Å². The molecule has 148 valence electrons. The fourth-order valence-electron chi connectivity index (χ4n) is 3.33. The number of benzene rings is 2. The summed E-state index contributed by atoms with van der Waals surface area (Å²) in [4.78, 5) is 29.3. The molecule has 1 heterocycles. The number of likely N-dealkylation sites (N-methyl/N-ethyl adjacent to an activating group) is 1. The molecule has 0 radical (unpaired) electrons. The number of rotatable bonds is 5. The molecule has 0 bridgehead atoms. The third-order valence-electron chi connectivity index (χ3n) is 4.86. The highest BCUT2D eigenvalue weighted by Crippen LogP contribution is 2.17. The largest absolute Gasteiger partial charge is 0.325 e. The van der Waals surface area contributed by atoms with Crippen molar-refractivity contribution in [3.8, 4) is 0 Å². The Hall–Kier alpha value is -2.70. The van der Waals surface area contributed by atoms with Crippen molar-refractivity contribution in [2.45, 2.75) is 13.3 Å². The maximum Gasteiger partial charge on any atom is 0.255 e. The van der Waals surface area contributed by atoms with Crippen LogP contribution < -0.4 is 10.6 Å². The molecule has 0 atom stereocenters. The third kappa shape index (κ3) is 5.90. The quantitative estimate of drug-likeness (QED) is 0.837. The fraction of sp³-hybridized carbons (Fsp3) is 0.364. The number of hydrogen-bond donors (Lipinski definition) is 2. The zero-order valence-corrected chi connectivity index (χ0v) is 16.6. The summed E-state index contributed by atoms with van der Waals surface area (Å²) in [5, 5.41) is 5.83. The zero-order chi connectivity index (χ0) is 19.9. The van der Waals surface area contributed by atoms with Crippen LogP contribution in [0.3, 0.4) is 0 Å². The second-order valence-corrected chi connectivity index (χ2v) is 7.39. The molecular weight excluding hydrogens is 352 g/mol. The molecular formula is C22H28N4O2. The van der Waals surface area contributed by atoms with Crippen molar-refractivity contribution >= 4 is 23.2 Å². The van der Waals surface area contributed by atoms with Gasteiger partial charge >= 0.3 is 0 Å². The molecule has 2 aromatic rings. The summed E-state index contributed by atoms with van der Waals surface area (Å²) in [6, 6.07) is 14.7. The third-order valence-corrected chi connectivity index (χ3v) is 4.86. The predicted octanol–water partition coefficient (Wildman–Crippen LogP) is 2.82. The Balaban J connectivity index is 1.57. The predicted molar refractivity (Wildman–Crippen MR) is 113 cm³/mol. The van der Waals surface area contributed by atoms with Crippen LogP contribution in [0.1, 0.15) is 22.3 Å². The Morgan fingerprint density at radius 3 is 2.46 bits per heavy atom. The molecule has 6 nitrogen and oxygen atoms in total. The molecule has 0 aromatic heterocycles. The SMILES string of the molecule is Cc1cccc(C(=O)Nc2cccc(NC(=O)CN3CCCN(C)CC3)c2)c1. The summed E-state index contributed by atoms with van der Waals surface area (Å²) in [7, 11) is 2.11. The summed E-state index contributed by atoms with van der Waals surface area (Å²) in [5.74, 6) is -0.201. The van der Waals surface area contributed by atoms with E-state index in [1.54, 1.807) is 12.1 Å². The van der Waals surface area contributed by atoms with Gasteiger partial charge in [0.1, 0.15) is 0 Å². The van der Waals surface area contributed by atoms with E-state index in [1.807, 2.05) is 43.3 Å². The van der Waals surface area contributed by atoms with Crippen molar-refractivity contribution in [3.05, 3.63) is 59.7 Å². The topological polar surface area (TPSA) is 64.7 Å². The van der Waals surface area contributed by atoms with Crippen molar-refractivity contribution in [1.82, 2.24) is 9.80 Å². The van der Waals surface area contributed by atoms with Gasteiger partial charge in [-0.2, -0.15) is 0 Å². The number of amides is 2. The Morgan fingerprint density at radius 2 is 1.68 bits per heavy atom. The molecule has 1 aliphatic rings. The Bertz CT molecular complexity index is 837. The Kier molecular flexibility index (Phi) is 6.79. The number of nitrogens with one attached hydrogen (secondary N) is 2. The van der Waals surface area contributed by atoms with Gasteiger partial charge in [-0.15, -0.1) is 0 Å². The van der Waals surface area contributed by atoms with E-state index < -0.39 is 0 Å². The number of aryl methyl sites for hydroxylation is 1. The summed E-state index contributed by atoms with van der Waals surface area (Å²) in [6.07, 6.45) is 1.07. The van der Waals surface area contributed by atoms with Crippen LogP contribution in [-0.4, -0.2) is 61.4 Å². The molecule has 6 heteroatoms. The first kappa shape index (κ1) is 20.0. The van der Waals surface area contributed by atoms with Crippen LogP contribution in [-0.2, 0) is 4.79 Å². The average Bonchev–Trinajstić information content (AvgIpc) is 2.86. The molecule has 1 aliphatic heterocycles. The van der Waals surface area contributed by atoms with Gasteiger partial charge in [0.25, 0.3) is 5.91 Å². The van der Waals surface area contributed by atoms with E-state index in [1.165, 1.54) is 0 Å². The van der Waals surface area contributed by atoms with Crippen molar-refractivity contribution in [3.63, 3.8) is 0 Å². The first-order valence-corrected chi connectivity index (χ1v) is 9.68. The van der Waals surface area contributed by atoms with E-state index in [0.717, 1.165) is 38.2 Å². The van der Waals surface area contributed by atoms with E-state index in [0.29, 0.717) is 23.5 Å². The number of anilines is 2. The molecule has 2 amide bonds. The summed E-state index contributed by atoms with van der Waals surface area (Å²) in [6.45, 7) is 6.22. The highest BCUT2D eigenvalue weighted by atomic mass is 16.2. The van der Waals surface area contributed by atoms with Gasteiger partial charge in [0.2, 0.25) is 5.91 Å². The molecule has 2 N–H and O–H groups in total. The lowest BCUT2D eigenvalue weighted by molar-refractivity contribution is -0.117. The minimum Gasteiger partial charge on any atom is -0.325 e. The van der Waals surface area contributed by atoms with E-state index in [-0.39, 0.29) is 11.8 Å². The molecule has 0 unspecified atom stereocenters. The van der Waals surface area contributed by atoms with Gasteiger partial charge in [0, 0.05) is 30.0 Å². The number of hydrogen-bond acceptors (Lipinski definition) is 4. The number of carbonyl (C=O) groups excluding carboxylic acids is 2. The van der Waals surface area contributed by atoms with Crippen LogP contribution >= 0.6 is 0 Å². The van der Waals surface area contributed by atoms with E-state index in [4.69, 9.17) is 0 Å². The van der Waals surface area contributed by atoms with Gasteiger partial charge in [-0.25, -0.2) is 0 Å². The maximum absolute atomic E-state index is 12.4. The monoisotopic (exact) mass is 380 g/mol. The molecule has 28 heavy (non-hydrogen) atoms. The van der Waals surface area contributed by atoms with Gasteiger partial charge in [0.05, 0.1) is 6.54 Å². The molecule has 1 fully saturated rings. The molecule has 0 saturated carbocycles. The smallest absolute Gasteiger partial charge is 0.255 e. The lowest BCUT2D eigenvalue weighted by Gasteiger charge is -2.19. The normalized spacial score (nSPS) is 15.6. The number of nitrogens with zero attached hydrogens (tertiary/aromatic N) is 2.